The summed E-state index contributed by atoms with van der Waals surface area (Å²) in [6, 6.07) is 17.4. The number of urea groups is 1. The second kappa shape index (κ2) is 6.36. The molecule has 3 N–H and O–H groups in total. The minimum atomic E-state index is -0.633. The van der Waals surface area contributed by atoms with Gasteiger partial charge < -0.3 is 5.32 Å². The van der Waals surface area contributed by atoms with Crippen molar-refractivity contribution in [2.24, 2.45) is 0 Å². The number of hydrogen-bond acceptors (Lipinski definition) is 3. The molecule has 0 spiro atoms. The van der Waals surface area contributed by atoms with E-state index in [0.29, 0.717) is 5.56 Å². The highest BCUT2D eigenvalue weighted by Crippen LogP contribution is 2.28. The van der Waals surface area contributed by atoms with E-state index in [-0.39, 0.29) is 12.4 Å². The molecule has 1 aliphatic rings. The van der Waals surface area contributed by atoms with Crippen molar-refractivity contribution in [1.82, 2.24) is 14.9 Å². The van der Waals surface area contributed by atoms with E-state index in [0.717, 1.165) is 11.1 Å². The second-order valence-corrected chi connectivity index (χ2v) is 6.04. The van der Waals surface area contributed by atoms with E-state index < -0.39 is 23.3 Å². The number of amides is 2. The van der Waals surface area contributed by atoms with Crippen LogP contribution < -0.4 is 21.9 Å². The van der Waals surface area contributed by atoms with Crippen molar-refractivity contribution < 1.29 is 4.79 Å². The third kappa shape index (κ3) is 2.79. The molecule has 1 aromatic heterocycles. The van der Waals surface area contributed by atoms with E-state index in [1.54, 1.807) is 0 Å². The third-order valence-corrected chi connectivity index (χ3v) is 4.35. The normalized spacial score (nSPS) is 15.7. The molecule has 2 heterocycles. The van der Waals surface area contributed by atoms with Crippen molar-refractivity contribution in [3.05, 3.63) is 98.2 Å². The van der Waals surface area contributed by atoms with Gasteiger partial charge in [0.05, 0.1) is 18.2 Å². The summed E-state index contributed by atoms with van der Waals surface area (Å²) in [6.45, 7) is 0.237. The molecule has 7 nitrogen and oxygen atoms in total. The molecular formula is C19H16N4O3. The standard InChI is InChI=1S/C19H16N4O3/c24-17-14-15(13-9-5-2-6-10-13)20-18(25)21-16(14)23(19(26)22-17)11-12-7-3-1-4-8-12/h1-10,15H,11H2,(H2,20,21,25)(H,22,24,26). The summed E-state index contributed by atoms with van der Waals surface area (Å²) in [5, 5.41) is 5.38. The van der Waals surface area contributed by atoms with Gasteiger partial charge in [0.2, 0.25) is 0 Å². The van der Waals surface area contributed by atoms with Crippen LogP contribution in [0.1, 0.15) is 22.7 Å². The molecule has 26 heavy (non-hydrogen) atoms. The molecule has 0 aliphatic carbocycles. The first-order valence-electron chi connectivity index (χ1n) is 8.17. The molecule has 0 fully saturated rings. The van der Waals surface area contributed by atoms with Gasteiger partial charge in [0.25, 0.3) is 5.56 Å². The Labute approximate surface area is 148 Å². The number of benzene rings is 2. The van der Waals surface area contributed by atoms with Crippen LogP contribution in [0.4, 0.5) is 10.6 Å². The minimum Gasteiger partial charge on any atom is -0.327 e. The average molecular weight is 348 g/mol. The number of fused-ring (bicyclic) bond motifs is 1. The number of carbonyl (C=O) groups is 1. The Morgan fingerprint density at radius 1 is 0.885 bits per heavy atom. The highest BCUT2D eigenvalue weighted by Gasteiger charge is 2.31. The van der Waals surface area contributed by atoms with E-state index in [2.05, 4.69) is 15.6 Å². The molecule has 4 rings (SSSR count). The Balaban J connectivity index is 1.90. The van der Waals surface area contributed by atoms with Gasteiger partial charge >= 0.3 is 11.7 Å². The van der Waals surface area contributed by atoms with Crippen LogP contribution in [-0.4, -0.2) is 15.6 Å². The maximum absolute atomic E-state index is 12.5. The number of rotatable bonds is 3. The van der Waals surface area contributed by atoms with Gasteiger partial charge in [-0.15, -0.1) is 0 Å². The maximum Gasteiger partial charge on any atom is 0.330 e. The summed E-state index contributed by atoms with van der Waals surface area (Å²) in [5.74, 6) is 0.222. The molecule has 1 unspecified atom stereocenters. The highest BCUT2D eigenvalue weighted by molar-refractivity contribution is 5.92. The summed E-state index contributed by atoms with van der Waals surface area (Å²) < 4.78 is 1.38. The number of nitrogens with zero attached hydrogens (tertiary/aromatic N) is 1. The highest BCUT2D eigenvalue weighted by atomic mass is 16.2. The number of aromatic amines is 1. The minimum absolute atomic E-state index is 0.222. The number of aromatic nitrogens is 2. The monoisotopic (exact) mass is 348 g/mol. The smallest absolute Gasteiger partial charge is 0.327 e. The zero-order chi connectivity index (χ0) is 18.1. The van der Waals surface area contributed by atoms with Crippen LogP contribution in [0.5, 0.6) is 0 Å². The molecule has 1 aliphatic heterocycles. The molecule has 130 valence electrons. The second-order valence-electron chi connectivity index (χ2n) is 6.04. The largest absolute Gasteiger partial charge is 0.330 e. The molecule has 0 saturated carbocycles. The molecule has 2 aromatic carbocycles. The van der Waals surface area contributed by atoms with Gasteiger partial charge in [-0.2, -0.15) is 0 Å². The lowest BCUT2D eigenvalue weighted by atomic mass is 9.98. The summed E-state index contributed by atoms with van der Waals surface area (Å²) in [5.41, 5.74) is 0.875. The van der Waals surface area contributed by atoms with Crippen molar-refractivity contribution in [3.8, 4) is 0 Å². The Bertz CT molecular complexity index is 1070. The zero-order valence-corrected chi connectivity index (χ0v) is 13.7. The number of nitrogens with one attached hydrogen (secondary N) is 3. The van der Waals surface area contributed by atoms with Crippen molar-refractivity contribution in [2.75, 3.05) is 5.32 Å². The van der Waals surface area contributed by atoms with E-state index >= 15 is 0 Å². The fourth-order valence-corrected chi connectivity index (χ4v) is 3.15. The lowest BCUT2D eigenvalue weighted by molar-refractivity contribution is 0.248. The number of hydrogen-bond donors (Lipinski definition) is 3. The first-order chi connectivity index (χ1) is 12.6. The van der Waals surface area contributed by atoms with E-state index in [9.17, 15) is 14.4 Å². The Hall–Kier alpha value is -3.61. The molecule has 7 heteroatoms. The van der Waals surface area contributed by atoms with Gasteiger partial charge in [0.15, 0.2) is 0 Å². The number of anilines is 1. The Morgan fingerprint density at radius 3 is 2.23 bits per heavy atom. The van der Waals surface area contributed by atoms with Crippen molar-refractivity contribution in [2.45, 2.75) is 12.6 Å². The molecular weight excluding hydrogens is 332 g/mol. The van der Waals surface area contributed by atoms with Crippen molar-refractivity contribution >= 4 is 11.8 Å². The molecule has 0 radical (unpaired) electrons. The lowest BCUT2D eigenvalue weighted by Gasteiger charge is -2.28. The average Bonchev–Trinajstić information content (AvgIpc) is 2.66. The topological polar surface area (TPSA) is 96.0 Å². The van der Waals surface area contributed by atoms with Gasteiger partial charge in [-0.25, -0.2) is 9.59 Å². The predicted octanol–water partition coefficient (Wildman–Crippen LogP) is 1.81. The quantitative estimate of drug-likeness (QED) is 0.673. The van der Waals surface area contributed by atoms with Crippen LogP contribution in [-0.2, 0) is 6.54 Å². The fraction of sp³-hybridized carbons (Fsp3) is 0.105. The lowest BCUT2D eigenvalue weighted by Crippen LogP contribution is -2.46. The van der Waals surface area contributed by atoms with E-state index in [1.807, 2.05) is 60.7 Å². The van der Waals surface area contributed by atoms with E-state index in [4.69, 9.17) is 0 Å². The fourth-order valence-electron chi connectivity index (χ4n) is 3.15. The van der Waals surface area contributed by atoms with Crippen LogP contribution in [0, 0.1) is 0 Å². The van der Waals surface area contributed by atoms with Gasteiger partial charge in [-0.3, -0.25) is 19.7 Å². The Morgan fingerprint density at radius 2 is 1.54 bits per heavy atom. The van der Waals surface area contributed by atoms with Crippen LogP contribution >= 0.6 is 0 Å². The van der Waals surface area contributed by atoms with Gasteiger partial charge in [-0.1, -0.05) is 60.7 Å². The first kappa shape index (κ1) is 15.9. The predicted molar refractivity (Wildman–Crippen MR) is 97.3 cm³/mol. The van der Waals surface area contributed by atoms with Crippen LogP contribution in [0.3, 0.4) is 0 Å². The third-order valence-electron chi connectivity index (χ3n) is 4.35. The van der Waals surface area contributed by atoms with Gasteiger partial charge in [-0.05, 0) is 11.1 Å². The van der Waals surface area contributed by atoms with E-state index in [1.165, 1.54) is 4.57 Å². The summed E-state index contributed by atoms with van der Waals surface area (Å²) in [4.78, 5) is 39.5. The van der Waals surface area contributed by atoms with Gasteiger partial charge in [0.1, 0.15) is 5.82 Å². The molecule has 2 amide bonds. The molecule has 3 aromatic rings. The van der Waals surface area contributed by atoms with Crippen LogP contribution in [0.2, 0.25) is 0 Å². The number of carbonyl (C=O) groups excluding carboxylic acids is 1. The maximum atomic E-state index is 12.5. The number of H-pyrrole nitrogens is 1. The van der Waals surface area contributed by atoms with Crippen molar-refractivity contribution in [1.29, 1.82) is 0 Å². The summed E-state index contributed by atoms with van der Waals surface area (Å²) in [7, 11) is 0. The van der Waals surface area contributed by atoms with Crippen LogP contribution in [0.25, 0.3) is 0 Å². The van der Waals surface area contributed by atoms with Gasteiger partial charge in [0, 0.05) is 0 Å². The SMILES string of the molecule is O=C1Nc2c(c(=O)[nH]c(=O)n2Cc2ccccc2)C(c2ccccc2)N1. The summed E-state index contributed by atoms with van der Waals surface area (Å²) in [6.07, 6.45) is 0. The van der Waals surface area contributed by atoms with Crippen LogP contribution in [0.15, 0.2) is 70.3 Å². The zero-order valence-electron chi connectivity index (χ0n) is 13.7. The summed E-state index contributed by atoms with van der Waals surface area (Å²) >= 11 is 0. The molecule has 0 bridgehead atoms. The molecule has 0 saturated heterocycles. The molecule has 1 atom stereocenters. The van der Waals surface area contributed by atoms with Crippen molar-refractivity contribution in [3.63, 3.8) is 0 Å². The first-order valence-corrected chi connectivity index (χ1v) is 8.17. The Kier molecular flexibility index (Phi) is 3.89.